The summed E-state index contributed by atoms with van der Waals surface area (Å²) in [6, 6.07) is 17.4. The smallest absolute Gasteiger partial charge is 0.316 e. The molecule has 1 aromatic heterocycles. The molecule has 0 fully saturated rings. The predicted octanol–water partition coefficient (Wildman–Crippen LogP) is 4.04. The molecule has 0 unspecified atom stereocenters. The van der Waals surface area contributed by atoms with Crippen LogP contribution in [0.15, 0.2) is 63.9 Å². The molecule has 0 bridgehead atoms. The van der Waals surface area contributed by atoms with Crippen LogP contribution in [0.5, 0.6) is 5.75 Å². The SMILES string of the molecule is CC(C)N1CCn2c(Cc3ccccc3Br)nc(=O)c(OCc3ccccc3)c2C1=O. The van der Waals surface area contributed by atoms with Crippen molar-refractivity contribution in [2.45, 2.75) is 39.5 Å². The van der Waals surface area contributed by atoms with Crippen LogP contribution in [0.2, 0.25) is 0 Å². The van der Waals surface area contributed by atoms with E-state index in [-0.39, 0.29) is 30.0 Å². The lowest BCUT2D eigenvalue weighted by Crippen LogP contribution is -2.46. The van der Waals surface area contributed by atoms with Gasteiger partial charge in [0.25, 0.3) is 5.91 Å². The Balaban J connectivity index is 1.78. The lowest BCUT2D eigenvalue weighted by molar-refractivity contribution is 0.0634. The van der Waals surface area contributed by atoms with Crippen molar-refractivity contribution in [2.75, 3.05) is 6.54 Å². The first kappa shape index (κ1) is 21.3. The number of amides is 1. The van der Waals surface area contributed by atoms with Crippen LogP contribution in [0.3, 0.4) is 0 Å². The van der Waals surface area contributed by atoms with Crippen LogP contribution < -0.4 is 10.3 Å². The number of hydrogen-bond donors (Lipinski definition) is 0. The summed E-state index contributed by atoms with van der Waals surface area (Å²) < 4.78 is 8.68. The summed E-state index contributed by atoms with van der Waals surface area (Å²) in [7, 11) is 0. The second kappa shape index (κ2) is 9.06. The molecule has 2 aromatic carbocycles. The van der Waals surface area contributed by atoms with Crippen molar-refractivity contribution < 1.29 is 9.53 Å². The molecule has 2 heterocycles. The Morgan fingerprint density at radius 2 is 1.74 bits per heavy atom. The Bertz CT molecular complexity index is 1160. The van der Waals surface area contributed by atoms with Gasteiger partial charge in [0.15, 0.2) is 5.69 Å². The Morgan fingerprint density at radius 1 is 1.03 bits per heavy atom. The fourth-order valence-electron chi connectivity index (χ4n) is 3.78. The number of nitrogens with zero attached hydrogens (tertiary/aromatic N) is 3. The number of aromatic nitrogens is 2. The maximum Gasteiger partial charge on any atom is 0.316 e. The molecule has 0 spiro atoms. The van der Waals surface area contributed by atoms with Crippen molar-refractivity contribution in [1.29, 1.82) is 0 Å². The minimum absolute atomic E-state index is 0.0232. The first-order valence-corrected chi connectivity index (χ1v) is 11.1. The van der Waals surface area contributed by atoms with E-state index in [0.29, 0.717) is 25.3 Å². The molecule has 1 amide bonds. The molecule has 0 N–H and O–H groups in total. The van der Waals surface area contributed by atoms with E-state index in [4.69, 9.17) is 4.74 Å². The molecular formula is C24H24BrN3O3. The molecule has 3 aromatic rings. The van der Waals surface area contributed by atoms with Crippen molar-refractivity contribution >= 4 is 21.8 Å². The largest absolute Gasteiger partial charge is 0.481 e. The van der Waals surface area contributed by atoms with E-state index in [0.717, 1.165) is 15.6 Å². The molecule has 1 aliphatic rings. The van der Waals surface area contributed by atoms with Crippen LogP contribution in [0.1, 0.15) is 41.3 Å². The van der Waals surface area contributed by atoms with Crippen molar-refractivity contribution in [3.63, 3.8) is 0 Å². The average Bonchev–Trinajstić information content (AvgIpc) is 2.76. The Labute approximate surface area is 189 Å². The van der Waals surface area contributed by atoms with E-state index in [1.807, 2.05) is 73.0 Å². The van der Waals surface area contributed by atoms with E-state index >= 15 is 0 Å². The quantitative estimate of drug-likeness (QED) is 0.532. The number of ether oxygens (including phenoxy) is 1. The number of benzene rings is 2. The summed E-state index contributed by atoms with van der Waals surface area (Å²) in [6.45, 7) is 5.27. The molecular weight excluding hydrogens is 458 g/mol. The number of carbonyl (C=O) groups is 1. The molecule has 0 atom stereocenters. The van der Waals surface area contributed by atoms with Crippen molar-refractivity contribution in [2.24, 2.45) is 0 Å². The normalized spacial score (nSPS) is 13.4. The predicted molar refractivity (Wildman–Crippen MR) is 122 cm³/mol. The number of halogens is 1. The topological polar surface area (TPSA) is 64.4 Å². The lowest BCUT2D eigenvalue weighted by Gasteiger charge is -2.34. The first-order chi connectivity index (χ1) is 15.0. The minimum Gasteiger partial charge on any atom is -0.481 e. The van der Waals surface area contributed by atoms with Crippen LogP contribution in [0.25, 0.3) is 0 Å². The van der Waals surface area contributed by atoms with E-state index in [1.165, 1.54) is 0 Å². The number of carbonyl (C=O) groups excluding carboxylic acids is 1. The molecule has 0 aliphatic carbocycles. The zero-order chi connectivity index (χ0) is 22.0. The Hall–Kier alpha value is -2.93. The molecule has 7 heteroatoms. The lowest BCUT2D eigenvalue weighted by atomic mass is 10.1. The number of hydrogen-bond acceptors (Lipinski definition) is 4. The van der Waals surface area contributed by atoms with Gasteiger partial charge < -0.3 is 14.2 Å². The highest BCUT2D eigenvalue weighted by atomic mass is 79.9. The third-order valence-electron chi connectivity index (χ3n) is 5.41. The van der Waals surface area contributed by atoms with E-state index < -0.39 is 5.56 Å². The highest BCUT2D eigenvalue weighted by molar-refractivity contribution is 9.10. The van der Waals surface area contributed by atoms with Crippen molar-refractivity contribution in [3.05, 3.63) is 92.1 Å². The van der Waals surface area contributed by atoms with Crippen molar-refractivity contribution in [1.82, 2.24) is 14.5 Å². The molecule has 0 saturated carbocycles. The first-order valence-electron chi connectivity index (χ1n) is 10.3. The van der Waals surface area contributed by atoms with Crippen LogP contribution in [0, 0.1) is 0 Å². The Morgan fingerprint density at radius 3 is 2.45 bits per heavy atom. The summed E-state index contributed by atoms with van der Waals surface area (Å²) in [5.74, 6) is 0.392. The molecule has 1 aliphatic heterocycles. The zero-order valence-corrected chi connectivity index (χ0v) is 19.1. The van der Waals surface area contributed by atoms with Gasteiger partial charge in [0, 0.05) is 30.0 Å². The fourth-order valence-corrected chi connectivity index (χ4v) is 4.20. The van der Waals surface area contributed by atoms with Crippen LogP contribution in [-0.2, 0) is 19.6 Å². The van der Waals surface area contributed by atoms with Gasteiger partial charge in [-0.05, 0) is 31.0 Å². The van der Waals surface area contributed by atoms with Crippen LogP contribution in [0.4, 0.5) is 0 Å². The summed E-state index contributed by atoms with van der Waals surface area (Å²) in [5.41, 5.74) is 1.70. The molecule has 160 valence electrons. The van der Waals surface area contributed by atoms with Crippen molar-refractivity contribution in [3.8, 4) is 5.75 Å². The summed E-state index contributed by atoms with van der Waals surface area (Å²) in [4.78, 5) is 32.5. The minimum atomic E-state index is -0.511. The van der Waals surface area contributed by atoms with Gasteiger partial charge in [-0.2, -0.15) is 4.98 Å². The number of fused-ring (bicyclic) bond motifs is 1. The summed E-state index contributed by atoms with van der Waals surface area (Å²) in [5, 5.41) is 0. The van der Waals surface area contributed by atoms with Gasteiger partial charge >= 0.3 is 5.56 Å². The molecule has 0 radical (unpaired) electrons. The third kappa shape index (κ3) is 4.42. The second-order valence-corrected chi connectivity index (χ2v) is 8.65. The van der Waals surface area contributed by atoms with Gasteiger partial charge in [-0.15, -0.1) is 0 Å². The van der Waals surface area contributed by atoms with Gasteiger partial charge in [0.1, 0.15) is 12.4 Å². The molecule has 6 nitrogen and oxygen atoms in total. The maximum atomic E-state index is 13.4. The molecule has 4 rings (SSSR count). The standard InChI is InChI=1S/C24H24BrN3O3/c1-16(2)27-12-13-28-20(14-18-10-6-7-11-19(18)25)26-23(29)22(21(28)24(27)30)31-15-17-8-4-3-5-9-17/h3-11,16H,12-15H2,1-2H3. The summed E-state index contributed by atoms with van der Waals surface area (Å²) in [6.07, 6.45) is 0.442. The van der Waals surface area contributed by atoms with Gasteiger partial charge in [-0.1, -0.05) is 64.5 Å². The van der Waals surface area contributed by atoms with E-state index in [2.05, 4.69) is 20.9 Å². The molecule has 0 saturated heterocycles. The third-order valence-corrected chi connectivity index (χ3v) is 6.18. The number of rotatable bonds is 6. The van der Waals surface area contributed by atoms with Gasteiger partial charge in [0.2, 0.25) is 5.75 Å². The van der Waals surface area contributed by atoms with E-state index in [1.54, 1.807) is 4.90 Å². The van der Waals surface area contributed by atoms with Gasteiger partial charge in [-0.25, -0.2) is 0 Å². The van der Waals surface area contributed by atoms with E-state index in [9.17, 15) is 9.59 Å². The highest BCUT2D eigenvalue weighted by Gasteiger charge is 2.33. The average molecular weight is 482 g/mol. The second-order valence-electron chi connectivity index (χ2n) is 7.80. The maximum absolute atomic E-state index is 13.4. The van der Waals surface area contributed by atoms with Crippen LogP contribution in [-0.4, -0.2) is 32.9 Å². The van der Waals surface area contributed by atoms with Gasteiger partial charge in [0.05, 0.1) is 0 Å². The van der Waals surface area contributed by atoms with Gasteiger partial charge in [-0.3, -0.25) is 9.59 Å². The zero-order valence-electron chi connectivity index (χ0n) is 17.5. The summed E-state index contributed by atoms with van der Waals surface area (Å²) >= 11 is 3.56. The highest BCUT2D eigenvalue weighted by Crippen LogP contribution is 2.26. The van der Waals surface area contributed by atoms with Crippen LogP contribution >= 0.6 is 15.9 Å². The fraction of sp³-hybridized carbons (Fsp3) is 0.292. The monoisotopic (exact) mass is 481 g/mol. The Kier molecular flexibility index (Phi) is 6.23. The molecule has 31 heavy (non-hydrogen) atoms.